The van der Waals surface area contributed by atoms with Crippen LogP contribution in [0.3, 0.4) is 0 Å². The van der Waals surface area contributed by atoms with Gasteiger partial charge in [-0.2, -0.15) is 11.8 Å². The van der Waals surface area contributed by atoms with Crippen LogP contribution in [-0.2, 0) is 14.8 Å². The maximum atomic E-state index is 12.2. The van der Waals surface area contributed by atoms with Crippen LogP contribution in [0.1, 0.15) is 31.2 Å². The SMILES string of the molecule is Cc1ccc([N+](=O)[O-])cc1N(CC(=O)NCCSC1CCCC1)S(C)(=O)=O. The van der Waals surface area contributed by atoms with Crippen LogP contribution in [0.15, 0.2) is 18.2 Å². The van der Waals surface area contributed by atoms with E-state index in [1.807, 2.05) is 11.8 Å². The maximum Gasteiger partial charge on any atom is 0.271 e. The van der Waals surface area contributed by atoms with Crippen LogP contribution in [-0.4, -0.2) is 49.6 Å². The number of sulfonamides is 1. The third-order valence-corrected chi connectivity index (χ3v) is 6.95. The summed E-state index contributed by atoms with van der Waals surface area (Å²) < 4.78 is 25.3. The smallest absolute Gasteiger partial charge is 0.271 e. The molecule has 0 atom stereocenters. The van der Waals surface area contributed by atoms with Gasteiger partial charge in [-0.05, 0) is 25.3 Å². The molecule has 0 unspecified atom stereocenters. The summed E-state index contributed by atoms with van der Waals surface area (Å²) in [6.07, 6.45) is 5.93. The van der Waals surface area contributed by atoms with Gasteiger partial charge in [-0.1, -0.05) is 18.9 Å². The van der Waals surface area contributed by atoms with Crippen LogP contribution in [0.2, 0.25) is 0 Å². The Hall–Kier alpha value is -1.81. The molecule has 8 nitrogen and oxygen atoms in total. The van der Waals surface area contributed by atoms with E-state index >= 15 is 0 Å². The Morgan fingerprint density at radius 3 is 2.63 bits per heavy atom. The lowest BCUT2D eigenvalue weighted by Gasteiger charge is -2.23. The molecule has 0 spiro atoms. The van der Waals surface area contributed by atoms with Gasteiger partial charge in [0, 0.05) is 29.7 Å². The minimum Gasteiger partial charge on any atom is -0.354 e. The van der Waals surface area contributed by atoms with Gasteiger partial charge in [0.2, 0.25) is 15.9 Å². The Balaban J connectivity index is 2.01. The van der Waals surface area contributed by atoms with Crippen LogP contribution >= 0.6 is 11.8 Å². The molecule has 1 aromatic rings. The van der Waals surface area contributed by atoms with Crippen molar-refractivity contribution in [1.29, 1.82) is 0 Å². The van der Waals surface area contributed by atoms with Crippen molar-refractivity contribution in [2.24, 2.45) is 0 Å². The largest absolute Gasteiger partial charge is 0.354 e. The van der Waals surface area contributed by atoms with Crippen molar-refractivity contribution < 1.29 is 18.1 Å². The number of carbonyl (C=O) groups excluding carboxylic acids is 1. The molecule has 0 radical (unpaired) electrons. The highest BCUT2D eigenvalue weighted by Gasteiger charge is 2.24. The third-order valence-electron chi connectivity index (χ3n) is 4.44. The fraction of sp³-hybridized carbons (Fsp3) is 0.588. The van der Waals surface area contributed by atoms with Gasteiger partial charge in [0.25, 0.3) is 5.69 Å². The number of anilines is 1. The van der Waals surface area contributed by atoms with Gasteiger partial charge >= 0.3 is 0 Å². The van der Waals surface area contributed by atoms with Crippen molar-refractivity contribution in [1.82, 2.24) is 5.32 Å². The molecule has 2 rings (SSSR count). The number of carbonyl (C=O) groups is 1. The number of nitrogens with one attached hydrogen (secondary N) is 1. The number of nitro groups is 1. The molecule has 0 bridgehead atoms. The van der Waals surface area contributed by atoms with E-state index in [9.17, 15) is 23.3 Å². The van der Waals surface area contributed by atoms with Crippen molar-refractivity contribution in [3.05, 3.63) is 33.9 Å². The lowest BCUT2D eigenvalue weighted by atomic mass is 10.2. The number of thioether (sulfide) groups is 1. The third kappa shape index (κ3) is 6.39. The lowest BCUT2D eigenvalue weighted by molar-refractivity contribution is -0.384. The average Bonchev–Trinajstić information content (AvgIpc) is 3.09. The summed E-state index contributed by atoms with van der Waals surface area (Å²) in [6.45, 7) is 1.70. The number of aryl methyl sites for hydroxylation is 1. The van der Waals surface area contributed by atoms with Gasteiger partial charge < -0.3 is 5.32 Å². The standard InChI is InChI=1S/C17H25N3O5S2/c1-13-7-8-14(20(22)23)11-16(13)19(27(2,24)25)12-17(21)18-9-10-26-15-5-3-4-6-15/h7-8,11,15H,3-6,9-10,12H2,1-2H3,(H,18,21). The Morgan fingerprint density at radius 1 is 1.37 bits per heavy atom. The first-order chi connectivity index (χ1) is 12.7. The van der Waals surface area contributed by atoms with E-state index in [1.54, 1.807) is 6.92 Å². The van der Waals surface area contributed by atoms with E-state index in [-0.39, 0.29) is 11.4 Å². The second-order valence-electron chi connectivity index (χ2n) is 6.62. The molecule has 1 aliphatic carbocycles. The summed E-state index contributed by atoms with van der Waals surface area (Å²) in [5, 5.41) is 14.4. The Morgan fingerprint density at radius 2 is 2.04 bits per heavy atom. The predicted molar refractivity (Wildman–Crippen MR) is 108 cm³/mol. The van der Waals surface area contributed by atoms with E-state index in [1.165, 1.54) is 43.9 Å². The number of non-ortho nitro benzene ring substituents is 1. The fourth-order valence-corrected chi connectivity index (χ4v) is 5.14. The second-order valence-corrected chi connectivity index (χ2v) is 9.94. The average molecular weight is 416 g/mol. The predicted octanol–water partition coefficient (Wildman–Crippen LogP) is 2.46. The number of hydrogen-bond acceptors (Lipinski definition) is 6. The molecular formula is C17H25N3O5S2. The maximum absolute atomic E-state index is 12.2. The summed E-state index contributed by atoms with van der Waals surface area (Å²) in [5.74, 6) is 0.351. The van der Waals surface area contributed by atoms with Crippen molar-refractivity contribution >= 4 is 39.1 Å². The molecule has 1 N–H and O–H groups in total. The first-order valence-electron chi connectivity index (χ1n) is 8.79. The molecule has 1 aliphatic rings. The van der Waals surface area contributed by atoms with Gasteiger partial charge in [-0.3, -0.25) is 19.2 Å². The molecule has 0 heterocycles. The highest BCUT2D eigenvalue weighted by atomic mass is 32.2. The molecule has 150 valence electrons. The van der Waals surface area contributed by atoms with Gasteiger partial charge in [0.15, 0.2) is 0 Å². The summed E-state index contributed by atoms with van der Waals surface area (Å²) in [5.41, 5.74) is 0.454. The van der Waals surface area contributed by atoms with Gasteiger partial charge in [0.05, 0.1) is 16.9 Å². The zero-order chi connectivity index (χ0) is 20.0. The molecule has 1 saturated carbocycles. The van der Waals surface area contributed by atoms with Crippen molar-refractivity contribution in [3.8, 4) is 0 Å². The van der Waals surface area contributed by atoms with Gasteiger partial charge in [-0.15, -0.1) is 0 Å². The van der Waals surface area contributed by atoms with Crippen molar-refractivity contribution in [3.63, 3.8) is 0 Å². The summed E-state index contributed by atoms with van der Waals surface area (Å²) in [7, 11) is -3.78. The highest BCUT2D eigenvalue weighted by molar-refractivity contribution is 7.99. The van der Waals surface area contributed by atoms with E-state index in [0.29, 0.717) is 17.4 Å². The molecule has 1 aromatic carbocycles. The molecule has 0 aliphatic heterocycles. The van der Waals surface area contributed by atoms with Crippen LogP contribution in [0.4, 0.5) is 11.4 Å². The normalized spacial score (nSPS) is 14.9. The second kappa shape index (κ2) is 9.41. The first-order valence-corrected chi connectivity index (χ1v) is 11.7. The minimum absolute atomic E-state index is 0.141. The molecule has 0 saturated heterocycles. The van der Waals surface area contributed by atoms with E-state index in [0.717, 1.165) is 16.3 Å². The molecule has 10 heteroatoms. The van der Waals surface area contributed by atoms with Gasteiger partial charge in [0.1, 0.15) is 6.54 Å². The highest BCUT2D eigenvalue weighted by Crippen LogP contribution is 2.29. The Bertz CT molecular complexity index is 792. The number of rotatable bonds is 9. The zero-order valence-electron chi connectivity index (χ0n) is 15.5. The molecule has 0 aromatic heterocycles. The first kappa shape index (κ1) is 21.5. The lowest BCUT2D eigenvalue weighted by Crippen LogP contribution is -2.41. The molecular weight excluding hydrogens is 390 g/mol. The number of nitrogens with zero attached hydrogens (tertiary/aromatic N) is 2. The topological polar surface area (TPSA) is 110 Å². The molecule has 27 heavy (non-hydrogen) atoms. The number of nitro benzene ring substituents is 1. The van der Waals surface area contributed by atoms with Crippen LogP contribution in [0.25, 0.3) is 0 Å². The summed E-state index contributed by atoms with van der Waals surface area (Å²) in [4.78, 5) is 22.6. The Kier molecular flexibility index (Phi) is 7.49. The van der Waals surface area contributed by atoms with E-state index < -0.39 is 27.4 Å². The van der Waals surface area contributed by atoms with Gasteiger partial charge in [-0.25, -0.2) is 8.42 Å². The van der Waals surface area contributed by atoms with Crippen molar-refractivity contribution in [2.45, 2.75) is 37.9 Å². The van der Waals surface area contributed by atoms with Crippen LogP contribution in [0.5, 0.6) is 0 Å². The van der Waals surface area contributed by atoms with E-state index in [2.05, 4.69) is 5.32 Å². The quantitative estimate of drug-likeness (QED) is 0.377. The minimum atomic E-state index is -3.78. The van der Waals surface area contributed by atoms with Crippen molar-refractivity contribution in [2.75, 3.05) is 29.4 Å². The Labute approximate surface area is 163 Å². The molecule has 1 amide bonds. The number of amides is 1. The monoisotopic (exact) mass is 415 g/mol. The summed E-state index contributed by atoms with van der Waals surface area (Å²) >= 11 is 1.83. The van der Waals surface area contributed by atoms with E-state index in [4.69, 9.17) is 0 Å². The molecule has 1 fully saturated rings. The van der Waals surface area contributed by atoms with Crippen LogP contribution < -0.4 is 9.62 Å². The fourth-order valence-electron chi connectivity index (χ4n) is 3.02. The summed E-state index contributed by atoms with van der Waals surface area (Å²) in [6, 6.07) is 3.96. The number of benzene rings is 1. The van der Waals surface area contributed by atoms with Crippen LogP contribution in [0, 0.1) is 17.0 Å². The number of hydrogen-bond donors (Lipinski definition) is 1. The zero-order valence-corrected chi connectivity index (χ0v) is 17.1.